The van der Waals surface area contributed by atoms with Gasteiger partial charge in [-0.1, -0.05) is 0 Å². The number of ether oxygens (including phenoxy) is 2. The van der Waals surface area contributed by atoms with Gasteiger partial charge in [-0.2, -0.15) is 0 Å². The predicted molar refractivity (Wildman–Crippen MR) is 119 cm³/mol. The van der Waals surface area contributed by atoms with E-state index in [1.807, 2.05) is 4.90 Å². The van der Waals surface area contributed by atoms with Crippen LogP contribution in [-0.4, -0.2) is 55.0 Å². The minimum Gasteiger partial charge on any atom is -0.497 e. The van der Waals surface area contributed by atoms with Crippen molar-refractivity contribution in [2.45, 2.75) is 25.3 Å². The number of benzene rings is 2. The molecule has 0 radical (unpaired) electrons. The molecule has 10 nitrogen and oxygen atoms in total. The number of nitrogens with zero attached hydrogens (tertiary/aromatic N) is 2. The number of non-ortho nitro benzene ring substituents is 1. The van der Waals surface area contributed by atoms with Crippen LogP contribution in [0.5, 0.6) is 11.5 Å². The Morgan fingerprint density at radius 1 is 1.12 bits per heavy atom. The number of nitrogens with one attached hydrogen (secondary N) is 2. The molecule has 0 saturated carbocycles. The number of nitro groups is 1. The molecular weight excluding hydrogens is 416 g/mol. The van der Waals surface area contributed by atoms with Gasteiger partial charge in [0.05, 0.1) is 30.9 Å². The number of amides is 2. The standard InChI is InChI=1S/C22H26N4O6/c1-31-17-8-5-15(6-9-17)23-22(28)19-4-3-12-25(19)13-11-21(27)24-18-14-16(26(29)30)7-10-20(18)32-2/h5-10,14,19H,3-4,11-13H2,1-2H3,(H,23,28)(H,24,27). The van der Waals surface area contributed by atoms with Crippen molar-refractivity contribution in [1.29, 1.82) is 0 Å². The van der Waals surface area contributed by atoms with Crippen molar-refractivity contribution >= 4 is 28.9 Å². The molecule has 0 aliphatic carbocycles. The summed E-state index contributed by atoms with van der Waals surface area (Å²) in [7, 11) is 3.00. The van der Waals surface area contributed by atoms with E-state index in [9.17, 15) is 19.7 Å². The van der Waals surface area contributed by atoms with Crippen molar-refractivity contribution in [1.82, 2.24) is 4.90 Å². The molecular formula is C22H26N4O6. The summed E-state index contributed by atoms with van der Waals surface area (Å²) >= 11 is 0. The molecule has 1 fully saturated rings. The number of hydrogen-bond acceptors (Lipinski definition) is 7. The van der Waals surface area contributed by atoms with Gasteiger partial charge in [-0.3, -0.25) is 24.6 Å². The fraction of sp³-hybridized carbons (Fsp3) is 0.364. The highest BCUT2D eigenvalue weighted by atomic mass is 16.6. The van der Waals surface area contributed by atoms with E-state index in [-0.39, 0.29) is 35.7 Å². The van der Waals surface area contributed by atoms with Crippen LogP contribution >= 0.6 is 0 Å². The second-order valence-corrected chi connectivity index (χ2v) is 7.35. The molecule has 0 spiro atoms. The average Bonchev–Trinajstić information content (AvgIpc) is 3.27. The molecule has 3 rings (SSSR count). The average molecular weight is 442 g/mol. The van der Waals surface area contributed by atoms with E-state index in [0.29, 0.717) is 36.7 Å². The molecule has 10 heteroatoms. The van der Waals surface area contributed by atoms with E-state index >= 15 is 0 Å². The molecule has 1 aliphatic rings. The van der Waals surface area contributed by atoms with Crippen LogP contribution in [0.4, 0.5) is 17.1 Å². The third kappa shape index (κ3) is 5.73. The lowest BCUT2D eigenvalue weighted by molar-refractivity contribution is -0.384. The van der Waals surface area contributed by atoms with Crippen molar-refractivity contribution in [3.05, 3.63) is 52.6 Å². The Bertz CT molecular complexity index is 979. The zero-order valence-corrected chi connectivity index (χ0v) is 18.0. The first-order chi connectivity index (χ1) is 15.4. The zero-order chi connectivity index (χ0) is 23.1. The van der Waals surface area contributed by atoms with E-state index in [2.05, 4.69) is 10.6 Å². The first kappa shape index (κ1) is 23.0. The highest BCUT2D eigenvalue weighted by Gasteiger charge is 2.30. The molecule has 2 aromatic carbocycles. The van der Waals surface area contributed by atoms with Gasteiger partial charge in [0, 0.05) is 30.8 Å². The molecule has 2 N–H and O–H groups in total. The lowest BCUT2D eigenvalue weighted by Crippen LogP contribution is -2.40. The minimum absolute atomic E-state index is 0.117. The van der Waals surface area contributed by atoms with Gasteiger partial charge in [-0.15, -0.1) is 0 Å². The quantitative estimate of drug-likeness (QED) is 0.452. The van der Waals surface area contributed by atoms with Gasteiger partial charge in [-0.05, 0) is 49.7 Å². The Kier molecular flexibility index (Phi) is 7.61. The Morgan fingerprint density at radius 3 is 2.53 bits per heavy atom. The first-order valence-corrected chi connectivity index (χ1v) is 10.2. The lowest BCUT2D eigenvalue weighted by atomic mass is 10.2. The van der Waals surface area contributed by atoms with Crippen molar-refractivity contribution < 1.29 is 24.0 Å². The Labute approximate surface area is 185 Å². The summed E-state index contributed by atoms with van der Waals surface area (Å²) in [6.45, 7) is 1.11. The van der Waals surface area contributed by atoms with Gasteiger partial charge in [-0.25, -0.2) is 0 Å². The number of carbonyl (C=O) groups excluding carboxylic acids is 2. The van der Waals surface area contributed by atoms with Gasteiger partial charge in [0.1, 0.15) is 11.5 Å². The number of hydrogen-bond donors (Lipinski definition) is 2. The van der Waals surface area contributed by atoms with Crippen LogP contribution in [0.15, 0.2) is 42.5 Å². The van der Waals surface area contributed by atoms with E-state index in [4.69, 9.17) is 9.47 Å². The molecule has 1 atom stereocenters. The Morgan fingerprint density at radius 2 is 1.88 bits per heavy atom. The Hall–Kier alpha value is -3.66. The molecule has 170 valence electrons. The molecule has 32 heavy (non-hydrogen) atoms. The summed E-state index contributed by atoms with van der Waals surface area (Å²) in [5.74, 6) is 0.609. The molecule has 0 bridgehead atoms. The van der Waals surface area contributed by atoms with Crippen molar-refractivity contribution in [3.8, 4) is 11.5 Å². The topological polar surface area (TPSA) is 123 Å². The zero-order valence-electron chi connectivity index (χ0n) is 18.0. The van der Waals surface area contributed by atoms with E-state index < -0.39 is 4.92 Å². The van der Waals surface area contributed by atoms with Crippen molar-refractivity contribution in [3.63, 3.8) is 0 Å². The largest absolute Gasteiger partial charge is 0.497 e. The highest BCUT2D eigenvalue weighted by molar-refractivity contribution is 5.95. The maximum absolute atomic E-state index is 12.7. The van der Waals surface area contributed by atoms with E-state index in [1.165, 1.54) is 25.3 Å². The summed E-state index contributed by atoms with van der Waals surface area (Å²) in [6, 6.07) is 10.8. The van der Waals surface area contributed by atoms with Gasteiger partial charge in [0.25, 0.3) is 5.69 Å². The van der Waals surface area contributed by atoms with Crippen LogP contribution in [0.2, 0.25) is 0 Å². The Balaban J connectivity index is 1.56. The molecule has 0 aromatic heterocycles. The molecule has 2 aromatic rings. The van der Waals surface area contributed by atoms with Gasteiger partial charge < -0.3 is 20.1 Å². The monoisotopic (exact) mass is 442 g/mol. The second-order valence-electron chi connectivity index (χ2n) is 7.35. The number of anilines is 2. The van der Waals surface area contributed by atoms with E-state index in [1.54, 1.807) is 31.4 Å². The third-order valence-electron chi connectivity index (χ3n) is 5.32. The van der Waals surface area contributed by atoms with Crippen LogP contribution in [0.1, 0.15) is 19.3 Å². The van der Waals surface area contributed by atoms with E-state index in [0.717, 1.165) is 6.42 Å². The van der Waals surface area contributed by atoms with Gasteiger partial charge in [0.2, 0.25) is 11.8 Å². The van der Waals surface area contributed by atoms with Crippen LogP contribution in [0, 0.1) is 10.1 Å². The van der Waals surface area contributed by atoms with Crippen LogP contribution in [0.3, 0.4) is 0 Å². The van der Waals surface area contributed by atoms with Crippen LogP contribution in [0.25, 0.3) is 0 Å². The lowest BCUT2D eigenvalue weighted by Gasteiger charge is -2.23. The third-order valence-corrected chi connectivity index (χ3v) is 5.32. The maximum Gasteiger partial charge on any atom is 0.271 e. The fourth-order valence-electron chi connectivity index (χ4n) is 3.66. The van der Waals surface area contributed by atoms with Crippen molar-refractivity contribution in [2.75, 3.05) is 37.9 Å². The number of nitro benzene ring substituents is 1. The SMILES string of the molecule is COc1ccc(NC(=O)C2CCCN2CCC(=O)Nc2cc([N+](=O)[O-])ccc2OC)cc1. The number of carbonyl (C=O) groups is 2. The minimum atomic E-state index is -0.536. The summed E-state index contributed by atoms with van der Waals surface area (Å²) in [4.78, 5) is 37.6. The summed E-state index contributed by atoms with van der Waals surface area (Å²) in [5, 5.41) is 16.6. The second kappa shape index (κ2) is 10.6. The molecule has 1 unspecified atom stereocenters. The number of rotatable bonds is 9. The molecule has 2 amide bonds. The summed E-state index contributed by atoms with van der Waals surface area (Å²) < 4.78 is 10.3. The predicted octanol–water partition coefficient (Wildman–Crippen LogP) is 3.04. The summed E-state index contributed by atoms with van der Waals surface area (Å²) in [5.41, 5.74) is 0.774. The smallest absolute Gasteiger partial charge is 0.271 e. The van der Waals surface area contributed by atoms with Crippen LogP contribution in [-0.2, 0) is 9.59 Å². The van der Waals surface area contributed by atoms with Gasteiger partial charge >= 0.3 is 0 Å². The summed E-state index contributed by atoms with van der Waals surface area (Å²) in [6.07, 6.45) is 1.71. The van der Waals surface area contributed by atoms with Gasteiger partial charge in [0.15, 0.2) is 0 Å². The number of likely N-dealkylation sites (tertiary alicyclic amines) is 1. The molecule has 1 saturated heterocycles. The van der Waals surface area contributed by atoms with Crippen molar-refractivity contribution in [2.24, 2.45) is 0 Å². The van der Waals surface area contributed by atoms with Crippen LogP contribution < -0.4 is 20.1 Å². The normalized spacial score (nSPS) is 15.8. The maximum atomic E-state index is 12.7. The number of methoxy groups -OCH3 is 2. The first-order valence-electron chi connectivity index (χ1n) is 10.2. The fourth-order valence-corrected chi connectivity index (χ4v) is 3.66. The highest BCUT2D eigenvalue weighted by Crippen LogP contribution is 2.29. The molecule has 1 aliphatic heterocycles. The molecule has 1 heterocycles.